The summed E-state index contributed by atoms with van der Waals surface area (Å²) in [7, 11) is 0. The van der Waals surface area contributed by atoms with Crippen LogP contribution in [0.15, 0.2) is 69.7 Å². The summed E-state index contributed by atoms with van der Waals surface area (Å²) in [6, 6.07) is 19.2. The number of hydrogen-bond acceptors (Lipinski definition) is 4. The highest BCUT2D eigenvalue weighted by Crippen LogP contribution is 2.42. The molecule has 2 fully saturated rings. The van der Waals surface area contributed by atoms with Crippen LogP contribution in [0.2, 0.25) is 0 Å². The highest BCUT2D eigenvalue weighted by molar-refractivity contribution is 9.10. The predicted octanol–water partition coefficient (Wildman–Crippen LogP) is 4.89. The van der Waals surface area contributed by atoms with Crippen molar-refractivity contribution in [3.63, 3.8) is 0 Å². The normalized spacial score (nSPS) is 20.5. The van der Waals surface area contributed by atoms with Crippen molar-refractivity contribution in [1.29, 1.82) is 5.26 Å². The van der Waals surface area contributed by atoms with Crippen LogP contribution in [0.25, 0.3) is 0 Å². The minimum absolute atomic E-state index is 0.0578. The maximum absolute atomic E-state index is 13.4. The van der Waals surface area contributed by atoms with Gasteiger partial charge in [0.25, 0.3) is 5.91 Å². The lowest BCUT2D eigenvalue weighted by molar-refractivity contribution is -0.127. The Labute approximate surface area is 194 Å². The van der Waals surface area contributed by atoms with Crippen LogP contribution >= 0.6 is 27.7 Å². The number of piperidine rings is 1. The van der Waals surface area contributed by atoms with E-state index in [4.69, 9.17) is 0 Å². The second kappa shape index (κ2) is 9.71. The highest BCUT2D eigenvalue weighted by atomic mass is 79.9. The summed E-state index contributed by atoms with van der Waals surface area (Å²) in [5.41, 5.74) is 1.76. The number of nitrogens with zero attached hydrogens (tertiary/aromatic N) is 3. The lowest BCUT2D eigenvalue weighted by atomic mass is 10.1. The second-order valence-electron chi connectivity index (χ2n) is 7.59. The molecule has 2 aliphatic heterocycles. The average molecular weight is 496 g/mol. The first-order valence-electron chi connectivity index (χ1n) is 10.3. The van der Waals surface area contributed by atoms with Crippen LogP contribution in [0.3, 0.4) is 0 Å². The van der Waals surface area contributed by atoms with E-state index in [1.54, 1.807) is 9.80 Å². The van der Waals surface area contributed by atoms with Crippen molar-refractivity contribution in [2.24, 2.45) is 0 Å². The third kappa shape index (κ3) is 4.70. The number of thioether (sulfide) groups is 1. The molecule has 0 radical (unpaired) electrons. The molecule has 5 nitrogen and oxygen atoms in total. The van der Waals surface area contributed by atoms with E-state index >= 15 is 0 Å². The SMILES string of the molecule is N#C/C(C(=O)N1CCCCC1)=C1/S[C@@H](Cc2ccc(Br)cc2)C(=O)N1c1ccccc1. The number of nitriles is 1. The molecule has 2 aromatic carbocycles. The van der Waals surface area contributed by atoms with Crippen LogP contribution < -0.4 is 4.90 Å². The number of benzene rings is 2. The minimum Gasteiger partial charge on any atom is -0.338 e. The topological polar surface area (TPSA) is 64.4 Å². The van der Waals surface area contributed by atoms with Gasteiger partial charge in [-0.15, -0.1) is 0 Å². The first-order chi connectivity index (χ1) is 15.1. The van der Waals surface area contributed by atoms with E-state index in [1.165, 1.54) is 11.8 Å². The lowest BCUT2D eigenvalue weighted by Gasteiger charge is -2.27. The Morgan fingerprint density at radius 3 is 2.39 bits per heavy atom. The lowest BCUT2D eigenvalue weighted by Crippen LogP contribution is -2.37. The molecule has 2 heterocycles. The fourth-order valence-corrected chi connectivity index (χ4v) is 5.45. The van der Waals surface area contributed by atoms with Crippen molar-refractivity contribution in [2.75, 3.05) is 18.0 Å². The summed E-state index contributed by atoms with van der Waals surface area (Å²) >= 11 is 4.76. The van der Waals surface area contributed by atoms with Crippen molar-refractivity contribution < 1.29 is 9.59 Å². The molecule has 2 amide bonds. The number of hydrogen-bond donors (Lipinski definition) is 0. The smallest absolute Gasteiger partial charge is 0.267 e. The summed E-state index contributed by atoms with van der Waals surface area (Å²) in [4.78, 5) is 29.9. The zero-order chi connectivity index (χ0) is 21.8. The largest absolute Gasteiger partial charge is 0.338 e. The number of likely N-dealkylation sites (tertiary alicyclic amines) is 1. The first-order valence-corrected chi connectivity index (χ1v) is 12.0. The molecule has 7 heteroatoms. The van der Waals surface area contributed by atoms with Crippen LogP contribution in [0.4, 0.5) is 5.69 Å². The molecular weight excluding hydrogens is 474 g/mol. The van der Waals surface area contributed by atoms with Gasteiger partial charge in [-0.05, 0) is 55.5 Å². The van der Waals surface area contributed by atoms with E-state index in [1.807, 2.05) is 54.6 Å². The Morgan fingerprint density at radius 1 is 1.06 bits per heavy atom. The molecule has 158 valence electrons. The predicted molar refractivity (Wildman–Crippen MR) is 126 cm³/mol. The number of halogens is 1. The number of anilines is 1. The zero-order valence-electron chi connectivity index (χ0n) is 17.0. The van der Waals surface area contributed by atoms with Gasteiger partial charge in [0.05, 0.1) is 5.25 Å². The van der Waals surface area contributed by atoms with E-state index in [-0.39, 0.29) is 17.4 Å². The molecule has 0 bridgehead atoms. The summed E-state index contributed by atoms with van der Waals surface area (Å²) in [6.07, 6.45) is 3.52. The molecule has 0 spiro atoms. The summed E-state index contributed by atoms with van der Waals surface area (Å²) in [5, 5.41) is 9.98. The standard InChI is InChI=1S/C24H22BrN3O2S/c25-18-11-9-17(10-12-18)15-21-23(30)28(19-7-3-1-4-8-19)24(31-21)20(16-26)22(29)27-13-5-2-6-14-27/h1,3-4,7-12,21H,2,5-6,13-15H2/b24-20-/t21-/m0/s1. The van der Waals surface area contributed by atoms with E-state index < -0.39 is 5.25 Å². The maximum Gasteiger partial charge on any atom is 0.267 e. The molecule has 2 aliphatic rings. The molecule has 0 N–H and O–H groups in total. The molecule has 4 rings (SSSR count). The minimum atomic E-state index is -0.395. The first kappa shape index (κ1) is 21.7. The Balaban J connectivity index is 1.71. The van der Waals surface area contributed by atoms with Crippen LogP contribution in [0.1, 0.15) is 24.8 Å². The molecule has 0 saturated carbocycles. The van der Waals surface area contributed by atoms with Crippen LogP contribution in [0, 0.1) is 11.3 Å². The third-order valence-electron chi connectivity index (χ3n) is 5.48. The summed E-state index contributed by atoms with van der Waals surface area (Å²) in [6.45, 7) is 1.31. The van der Waals surface area contributed by atoms with Gasteiger partial charge in [-0.25, -0.2) is 0 Å². The van der Waals surface area contributed by atoms with Crippen molar-refractivity contribution in [3.05, 3.63) is 75.2 Å². The third-order valence-corrected chi connectivity index (χ3v) is 7.28. The Morgan fingerprint density at radius 2 is 1.74 bits per heavy atom. The summed E-state index contributed by atoms with van der Waals surface area (Å²) < 4.78 is 0.979. The zero-order valence-corrected chi connectivity index (χ0v) is 19.4. The molecule has 0 aromatic heterocycles. The van der Waals surface area contributed by atoms with E-state index in [0.717, 1.165) is 29.3 Å². The number of amides is 2. The molecule has 2 aromatic rings. The highest BCUT2D eigenvalue weighted by Gasteiger charge is 2.41. The molecule has 2 saturated heterocycles. The van der Waals surface area contributed by atoms with Gasteiger partial charge >= 0.3 is 0 Å². The molecule has 31 heavy (non-hydrogen) atoms. The monoisotopic (exact) mass is 495 g/mol. The van der Waals surface area contributed by atoms with Gasteiger partial charge in [-0.2, -0.15) is 5.26 Å². The molecule has 0 unspecified atom stereocenters. The maximum atomic E-state index is 13.4. The van der Waals surface area contributed by atoms with Crippen molar-refractivity contribution in [1.82, 2.24) is 4.90 Å². The number of rotatable bonds is 4. The second-order valence-corrected chi connectivity index (χ2v) is 9.70. The average Bonchev–Trinajstić information content (AvgIpc) is 3.12. The number of para-hydroxylation sites is 1. The Kier molecular flexibility index (Phi) is 6.79. The molecule has 0 aliphatic carbocycles. The van der Waals surface area contributed by atoms with Crippen molar-refractivity contribution in [3.8, 4) is 6.07 Å². The van der Waals surface area contributed by atoms with Gasteiger partial charge in [-0.1, -0.05) is 58.0 Å². The van der Waals surface area contributed by atoms with Gasteiger partial charge in [0, 0.05) is 23.2 Å². The van der Waals surface area contributed by atoms with Crippen molar-refractivity contribution in [2.45, 2.75) is 30.9 Å². The Bertz CT molecular complexity index is 1040. The van der Waals surface area contributed by atoms with Crippen LogP contribution in [0.5, 0.6) is 0 Å². The number of carbonyl (C=O) groups excluding carboxylic acids is 2. The molecular formula is C24H22BrN3O2S. The fraction of sp³-hybridized carbons (Fsp3) is 0.292. The number of carbonyl (C=O) groups is 2. The van der Waals surface area contributed by atoms with Crippen LogP contribution in [-0.2, 0) is 16.0 Å². The van der Waals surface area contributed by atoms with Gasteiger partial charge in [0.2, 0.25) is 5.91 Å². The Hall–Kier alpha value is -2.56. The van der Waals surface area contributed by atoms with E-state index in [0.29, 0.717) is 30.2 Å². The van der Waals surface area contributed by atoms with Crippen molar-refractivity contribution >= 4 is 45.2 Å². The van der Waals surface area contributed by atoms with Gasteiger partial charge in [0.15, 0.2) is 0 Å². The van der Waals surface area contributed by atoms with Gasteiger partial charge in [-0.3, -0.25) is 14.5 Å². The quantitative estimate of drug-likeness (QED) is 0.447. The molecule has 1 atom stereocenters. The summed E-state index contributed by atoms with van der Waals surface area (Å²) in [5.74, 6) is -0.379. The van der Waals surface area contributed by atoms with E-state index in [2.05, 4.69) is 22.0 Å². The van der Waals surface area contributed by atoms with Crippen LogP contribution in [-0.4, -0.2) is 35.1 Å². The van der Waals surface area contributed by atoms with Gasteiger partial charge < -0.3 is 4.90 Å². The van der Waals surface area contributed by atoms with E-state index in [9.17, 15) is 14.9 Å². The van der Waals surface area contributed by atoms with Gasteiger partial charge in [0.1, 0.15) is 16.7 Å². The fourth-order valence-electron chi connectivity index (χ4n) is 3.88.